The first-order chi connectivity index (χ1) is 10.0. The average molecular weight is 414 g/mol. The van der Waals surface area contributed by atoms with Crippen molar-refractivity contribution < 1.29 is 14.3 Å². The second kappa shape index (κ2) is 6.78. The molecule has 0 spiro atoms. The number of carbonyl (C=O) groups is 1. The summed E-state index contributed by atoms with van der Waals surface area (Å²) in [7, 11) is 1.44. The number of hydrogen-bond donors (Lipinski definition) is 0. The van der Waals surface area contributed by atoms with Crippen LogP contribution < -0.4 is 9.47 Å². The maximum Gasteiger partial charge on any atom is 0.344 e. The van der Waals surface area contributed by atoms with E-state index in [1.165, 1.54) is 19.2 Å². The Morgan fingerprint density at radius 3 is 2.62 bits per heavy atom. The number of methoxy groups -OCH3 is 1. The van der Waals surface area contributed by atoms with Gasteiger partial charge in [0.15, 0.2) is 11.5 Å². The summed E-state index contributed by atoms with van der Waals surface area (Å²) in [5.74, 6) is 0.0673. The number of hydrogen-bond acceptors (Lipinski definition) is 4. The fourth-order valence-corrected chi connectivity index (χ4v) is 2.72. The predicted octanol–water partition coefficient (Wildman–Crippen LogP) is 4.04. The Morgan fingerprint density at radius 1 is 1.24 bits per heavy atom. The molecule has 0 aliphatic carbocycles. The van der Waals surface area contributed by atoms with Crippen LogP contribution in [0.2, 0.25) is 5.02 Å². The number of nitrogens with zero attached hydrogens (tertiary/aromatic N) is 1. The van der Waals surface area contributed by atoms with Gasteiger partial charge in [-0.3, -0.25) is 0 Å². The molecule has 21 heavy (non-hydrogen) atoms. The fourth-order valence-electron chi connectivity index (χ4n) is 1.63. The van der Waals surface area contributed by atoms with Crippen LogP contribution in [0.3, 0.4) is 0 Å². The molecule has 0 saturated heterocycles. The summed E-state index contributed by atoms with van der Waals surface area (Å²) in [6.45, 7) is 0. The van der Waals surface area contributed by atoms with Crippen molar-refractivity contribution in [3.63, 3.8) is 0 Å². The number of ether oxygens (including phenoxy) is 2. The maximum atomic E-state index is 12.2. The Balaban J connectivity index is 2.29. The average Bonchev–Trinajstić information content (AvgIpc) is 2.47. The molecule has 2 rings (SSSR count). The summed E-state index contributed by atoms with van der Waals surface area (Å²) in [6, 6.07) is 11.5. The van der Waals surface area contributed by atoms with E-state index >= 15 is 0 Å². The smallest absolute Gasteiger partial charge is 0.344 e. The Labute approximate surface area is 140 Å². The minimum atomic E-state index is -0.515. The summed E-state index contributed by atoms with van der Waals surface area (Å²) >= 11 is 7.87. The van der Waals surface area contributed by atoms with Gasteiger partial charge in [-0.15, -0.1) is 0 Å². The van der Waals surface area contributed by atoms with Crippen LogP contribution in [0, 0.1) is 14.9 Å². The van der Waals surface area contributed by atoms with E-state index in [1.807, 2.05) is 28.7 Å². The Morgan fingerprint density at radius 2 is 2.00 bits per heavy atom. The molecular formula is C15H9ClINO3. The molecule has 0 heterocycles. The third-order valence-electron chi connectivity index (χ3n) is 2.65. The van der Waals surface area contributed by atoms with Crippen LogP contribution in [-0.2, 0) is 0 Å². The lowest BCUT2D eigenvalue weighted by Crippen LogP contribution is -2.11. The summed E-state index contributed by atoms with van der Waals surface area (Å²) in [5.41, 5.74) is 0.833. The third-order valence-corrected chi connectivity index (χ3v) is 3.77. The van der Waals surface area contributed by atoms with E-state index in [4.69, 9.17) is 26.3 Å². The van der Waals surface area contributed by atoms with Gasteiger partial charge in [0.05, 0.1) is 24.3 Å². The molecule has 0 fully saturated rings. The monoisotopic (exact) mass is 413 g/mol. The molecule has 4 nitrogen and oxygen atoms in total. The lowest BCUT2D eigenvalue weighted by Gasteiger charge is -2.10. The molecule has 2 aromatic carbocycles. The highest BCUT2D eigenvalue weighted by Gasteiger charge is 2.15. The normalized spacial score (nSPS) is 9.81. The second-order valence-electron chi connectivity index (χ2n) is 3.99. The highest BCUT2D eigenvalue weighted by atomic mass is 127. The number of nitriles is 1. The van der Waals surface area contributed by atoms with Crippen molar-refractivity contribution in [1.29, 1.82) is 5.26 Å². The first kappa shape index (κ1) is 15.6. The van der Waals surface area contributed by atoms with Gasteiger partial charge in [0.1, 0.15) is 0 Å². The van der Waals surface area contributed by atoms with Gasteiger partial charge in [0.25, 0.3) is 0 Å². The third kappa shape index (κ3) is 3.65. The number of carbonyl (C=O) groups excluding carboxylic acids is 1. The number of halogens is 2. The van der Waals surface area contributed by atoms with E-state index in [1.54, 1.807) is 24.3 Å². The molecule has 0 aliphatic rings. The van der Waals surface area contributed by atoms with E-state index in [0.717, 1.165) is 0 Å². The minimum absolute atomic E-state index is 0.257. The standard InChI is InChI=1S/C15H9ClINO3/c1-20-14-6-9(8-18)2-5-13(14)21-15(19)11-4-3-10(16)7-12(11)17/h2-7H,1H3. The molecule has 0 saturated carbocycles. The highest BCUT2D eigenvalue weighted by Crippen LogP contribution is 2.29. The number of benzene rings is 2. The quantitative estimate of drug-likeness (QED) is 0.433. The summed E-state index contributed by atoms with van der Waals surface area (Å²) in [5, 5.41) is 9.39. The van der Waals surface area contributed by atoms with Crippen molar-refractivity contribution in [2.24, 2.45) is 0 Å². The largest absolute Gasteiger partial charge is 0.493 e. The van der Waals surface area contributed by atoms with Crippen molar-refractivity contribution in [1.82, 2.24) is 0 Å². The van der Waals surface area contributed by atoms with Crippen molar-refractivity contribution >= 4 is 40.2 Å². The molecule has 0 unspecified atom stereocenters. The zero-order valence-corrected chi connectivity index (χ0v) is 13.8. The van der Waals surface area contributed by atoms with Gasteiger partial charge in [-0.2, -0.15) is 5.26 Å². The van der Waals surface area contributed by atoms with Crippen LogP contribution in [0.5, 0.6) is 11.5 Å². The van der Waals surface area contributed by atoms with Gasteiger partial charge in [-0.25, -0.2) is 4.79 Å². The first-order valence-electron chi connectivity index (χ1n) is 5.80. The van der Waals surface area contributed by atoms with E-state index in [9.17, 15) is 4.79 Å². The molecule has 6 heteroatoms. The molecule has 0 N–H and O–H groups in total. The molecule has 0 aromatic heterocycles. The van der Waals surface area contributed by atoms with E-state index < -0.39 is 5.97 Å². The molecular weight excluding hydrogens is 405 g/mol. The van der Waals surface area contributed by atoms with Gasteiger partial charge in [-0.1, -0.05) is 11.6 Å². The van der Waals surface area contributed by atoms with Gasteiger partial charge >= 0.3 is 5.97 Å². The number of esters is 1. The van der Waals surface area contributed by atoms with Crippen LogP contribution in [0.15, 0.2) is 36.4 Å². The Bertz CT molecular complexity index is 740. The number of rotatable bonds is 3. The molecule has 0 bridgehead atoms. The summed E-state index contributed by atoms with van der Waals surface area (Å²) in [6.07, 6.45) is 0. The van der Waals surface area contributed by atoms with Crippen LogP contribution in [0.1, 0.15) is 15.9 Å². The van der Waals surface area contributed by atoms with E-state index in [-0.39, 0.29) is 5.75 Å². The predicted molar refractivity (Wildman–Crippen MR) is 86.8 cm³/mol. The highest BCUT2D eigenvalue weighted by molar-refractivity contribution is 14.1. The Hall–Kier alpha value is -1.78. The van der Waals surface area contributed by atoms with Crippen LogP contribution >= 0.6 is 34.2 Å². The van der Waals surface area contributed by atoms with Gasteiger partial charge in [0, 0.05) is 14.7 Å². The Kier molecular flexibility index (Phi) is 5.04. The van der Waals surface area contributed by atoms with Gasteiger partial charge in [-0.05, 0) is 52.9 Å². The van der Waals surface area contributed by atoms with Crippen molar-refractivity contribution in [3.05, 3.63) is 56.1 Å². The zero-order valence-electron chi connectivity index (χ0n) is 10.9. The summed E-state index contributed by atoms with van der Waals surface area (Å²) in [4.78, 5) is 12.2. The zero-order chi connectivity index (χ0) is 15.4. The van der Waals surface area contributed by atoms with Crippen LogP contribution in [0.4, 0.5) is 0 Å². The van der Waals surface area contributed by atoms with Crippen LogP contribution in [0.25, 0.3) is 0 Å². The molecule has 106 valence electrons. The van der Waals surface area contributed by atoms with Gasteiger partial charge in [0.2, 0.25) is 0 Å². The van der Waals surface area contributed by atoms with Crippen molar-refractivity contribution in [2.45, 2.75) is 0 Å². The fraction of sp³-hybridized carbons (Fsp3) is 0.0667. The van der Waals surface area contributed by atoms with Crippen molar-refractivity contribution in [3.8, 4) is 17.6 Å². The van der Waals surface area contributed by atoms with E-state index in [0.29, 0.717) is 25.5 Å². The molecule has 0 atom stereocenters. The lowest BCUT2D eigenvalue weighted by atomic mass is 10.2. The van der Waals surface area contributed by atoms with Crippen molar-refractivity contribution in [2.75, 3.05) is 7.11 Å². The summed E-state index contributed by atoms with van der Waals surface area (Å²) < 4.78 is 11.1. The maximum absolute atomic E-state index is 12.2. The van der Waals surface area contributed by atoms with E-state index in [2.05, 4.69) is 0 Å². The van der Waals surface area contributed by atoms with Crippen LogP contribution in [-0.4, -0.2) is 13.1 Å². The molecule has 0 radical (unpaired) electrons. The second-order valence-corrected chi connectivity index (χ2v) is 5.59. The molecule has 0 amide bonds. The SMILES string of the molecule is COc1cc(C#N)ccc1OC(=O)c1ccc(Cl)cc1I. The molecule has 2 aromatic rings. The first-order valence-corrected chi connectivity index (χ1v) is 7.26. The lowest BCUT2D eigenvalue weighted by molar-refractivity contribution is 0.0728. The minimum Gasteiger partial charge on any atom is -0.493 e. The molecule has 0 aliphatic heterocycles. The topological polar surface area (TPSA) is 59.3 Å². The van der Waals surface area contributed by atoms with Gasteiger partial charge < -0.3 is 9.47 Å².